The number of carbonyl (C=O) groups excluding carboxylic acids is 1. The number of aromatic nitrogens is 3. The Hall–Kier alpha value is -1.54. The van der Waals surface area contributed by atoms with E-state index in [-0.39, 0.29) is 12.1 Å². The third-order valence-electron chi connectivity index (χ3n) is 3.07. The summed E-state index contributed by atoms with van der Waals surface area (Å²) in [5.41, 5.74) is 1.26. The van der Waals surface area contributed by atoms with E-state index in [9.17, 15) is 4.79 Å². The van der Waals surface area contributed by atoms with Crippen molar-refractivity contribution < 1.29 is 4.79 Å². The first-order valence-electron chi connectivity index (χ1n) is 6.64. The average Bonchev–Trinajstić information content (AvgIpc) is 3.05. The number of amides is 2. The van der Waals surface area contributed by atoms with Gasteiger partial charge in [0.2, 0.25) is 10.3 Å². The molecule has 6 nitrogen and oxygen atoms in total. The standard InChI is InChI=1S/C13H19N5OS2/c1-9(6-7-10-5-4-8-18(10)2)14-11(19)15-12-16-13(20-3)17-21-12/h4-5,8-9H,6-7H2,1-3H3,(H2,14,15,16,17,19)/t9-/m0/s1. The van der Waals surface area contributed by atoms with Gasteiger partial charge < -0.3 is 9.88 Å². The van der Waals surface area contributed by atoms with E-state index in [1.54, 1.807) is 0 Å². The number of anilines is 1. The number of hydrogen-bond donors (Lipinski definition) is 2. The predicted molar refractivity (Wildman–Crippen MR) is 87.0 cm³/mol. The van der Waals surface area contributed by atoms with Crippen LogP contribution in [-0.4, -0.2) is 32.3 Å². The van der Waals surface area contributed by atoms with E-state index in [0.717, 1.165) is 12.8 Å². The minimum atomic E-state index is -0.238. The summed E-state index contributed by atoms with van der Waals surface area (Å²) in [7, 11) is 2.03. The molecule has 0 bridgehead atoms. The van der Waals surface area contributed by atoms with Gasteiger partial charge in [0.1, 0.15) is 0 Å². The van der Waals surface area contributed by atoms with E-state index in [4.69, 9.17) is 0 Å². The molecule has 2 aromatic rings. The molecule has 0 spiro atoms. The van der Waals surface area contributed by atoms with E-state index < -0.39 is 0 Å². The Kier molecular flexibility index (Phi) is 5.63. The topological polar surface area (TPSA) is 71.8 Å². The number of carbonyl (C=O) groups is 1. The lowest BCUT2D eigenvalue weighted by Gasteiger charge is -2.14. The Bertz CT molecular complexity index is 595. The highest BCUT2D eigenvalue weighted by Gasteiger charge is 2.11. The van der Waals surface area contributed by atoms with Crippen LogP contribution in [0.5, 0.6) is 0 Å². The zero-order chi connectivity index (χ0) is 15.2. The van der Waals surface area contributed by atoms with Crippen LogP contribution in [0.4, 0.5) is 9.93 Å². The van der Waals surface area contributed by atoms with E-state index in [1.807, 2.05) is 32.5 Å². The molecule has 1 atom stereocenters. The molecule has 8 heteroatoms. The van der Waals surface area contributed by atoms with Crippen LogP contribution in [0.15, 0.2) is 23.5 Å². The molecule has 2 heterocycles. The van der Waals surface area contributed by atoms with Gasteiger partial charge in [-0.2, -0.15) is 9.36 Å². The molecule has 0 saturated heterocycles. The number of thioether (sulfide) groups is 1. The van der Waals surface area contributed by atoms with Crippen molar-refractivity contribution >= 4 is 34.5 Å². The molecule has 2 N–H and O–H groups in total. The lowest BCUT2D eigenvalue weighted by molar-refractivity contribution is 0.248. The van der Waals surface area contributed by atoms with E-state index in [1.165, 1.54) is 29.0 Å². The predicted octanol–water partition coefficient (Wildman–Crippen LogP) is 2.74. The Morgan fingerprint density at radius 2 is 2.38 bits per heavy atom. The number of nitrogens with one attached hydrogen (secondary N) is 2. The highest BCUT2D eigenvalue weighted by molar-refractivity contribution is 7.98. The third-order valence-corrected chi connectivity index (χ3v) is 4.37. The summed E-state index contributed by atoms with van der Waals surface area (Å²) in [6.07, 6.45) is 5.74. The maximum atomic E-state index is 11.9. The quantitative estimate of drug-likeness (QED) is 0.801. The summed E-state index contributed by atoms with van der Waals surface area (Å²) in [5, 5.41) is 6.81. The van der Waals surface area contributed by atoms with Gasteiger partial charge in [-0.15, -0.1) is 0 Å². The summed E-state index contributed by atoms with van der Waals surface area (Å²) >= 11 is 2.64. The van der Waals surface area contributed by atoms with E-state index in [0.29, 0.717) is 10.3 Å². The SMILES string of the molecule is CSc1nsc(NC(=O)N[C@@H](C)CCc2cccn2C)n1. The Labute approximate surface area is 132 Å². The Balaban J connectivity index is 1.75. The molecule has 0 saturated carbocycles. The van der Waals surface area contributed by atoms with Gasteiger partial charge in [-0.1, -0.05) is 11.8 Å². The van der Waals surface area contributed by atoms with Crippen LogP contribution >= 0.6 is 23.3 Å². The summed E-state index contributed by atoms with van der Waals surface area (Å²) in [6.45, 7) is 2.00. The van der Waals surface area contributed by atoms with Crippen LogP contribution in [0.1, 0.15) is 19.0 Å². The lowest BCUT2D eigenvalue weighted by atomic mass is 10.1. The zero-order valence-corrected chi connectivity index (χ0v) is 13.9. The van der Waals surface area contributed by atoms with Crippen LogP contribution < -0.4 is 10.6 Å². The fraction of sp³-hybridized carbons (Fsp3) is 0.462. The molecule has 2 amide bonds. The van der Waals surface area contributed by atoms with Gasteiger partial charge >= 0.3 is 6.03 Å². The second-order valence-corrected chi connectivity index (χ2v) is 6.26. The minimum Gasteiger partial charge on any atom is -0.354 e. The average molecular weight is 325 g/mol. The molecule has 2 aromatic heterocycles. The smallest absolute Gasteiger partial charge is 0.321 e. The van der Waals surface area contributed by atoms with Crippen molar-refractivity contribution in [2.24, 2.45) is 7.05 Å². The second kappa shape index (κ2) is 7.46. The summed E-state index contributed by atoms with van der Waals surface area (Å²) in [6, 6.07) is 3.97. The molecule has 0 aliphatic carbocycles. The largest absolute Gasteiger partial charge is 0.354 e. The van der Waals surface area contributed by atoms with Gasteiger partial charge in [0.15, 0.2) is 0 Å². The van der Waals surface area contributed by atoms with Crippen LogP contribution in [-0.2, 0) is 13.5 Å². The normalized spacial score (nSPS) is 12.1. The van der Waals surface area contributed by atoms with Gasteiger partial charge in [-0.05, 0) is 38.2 Å². The Morgan fingerprint density at radius 1 is 1.57 bits per heavy atom. The van der Waals surface area contributed by atoms with Gasteiger partial charge in [-0.25, -0.2) is 4.79 Å². The van der Waals surface area contributed by atoms with E-state index >= 15 is 0 Å². The molecule has 0 radical (unpaired) electrons. The molecule has 0 aliphatic heterocycles. The lowest BCUT2D eigenvalue weighted by Crippen LogP contribution is -2.36. The highest BCUT2D eigenvalue weighted by atomic mass is 32.2. The zero-order valence-electron chi connectivity index (χ0n) is 12.3. The van der Waals surface area contributed by atoms with Gasteiger partial charge in [0, 0.05) is 36.5 Å². The van der Waals surface area contributed by atoms with Crippen molar-refractivity contribution in [2.75, 3.05) is 11.6 Å². The summed E-state index contributed by atoms with van der Waals surface area (Å²) < 4.78 is 6.19. The maximum Gasteiger partial charge on any atom is 0.321 e. The van der Waals surface area contributed by atoms with Crippen molar-refractivity contribution in [1.29, 1.82) is 0 Å². The number of nitrogens with zero attached hydrogens (tertiary/aromatic N) is 3. The third kappa shape index (κ3) is 4.75. The van der Waals surface area contributed by atoms with Crippen LogP contribution in [0.25, 0.3) is 0 Å². The minimum absolute atomic E-state index is 0.0906. The molecule has 114 valence electrons. The van der Waals surface area contributed by atoms with Crippen molar-refractivity contribution in [1.82, 2.24) is 19.2 Å². The number of hydrogen-bond acceptors (Lipinski definition) is 5. The van der Waals surface area contributed by atoms with Crippen LogP contribution in [0.2, 0.25) is 0 Å². The monoisotopic (exact) mass is 325 g/mol. The second-order valence-electron chi connectivity index (χ2n) is 4.73. The fourth-order valence-corrected chi connectivity index (χ4v) is 3.01. The first-order valence-corrected chi connectivity index (χ1v) is 8.63. The summed E-state index contributed by atoms with van der Waals surface area (Å²) in [5.74, 6) is 0. The van der Waals surface area contributed by atoms with Crippen molar-refractivity contribution in [3.63, 3.8) is 0 Å². The van der Waals surface area contributed by atoms with Gasteiger partial charge in [0.25, 0.3) is 0 Å². The molecular formula is C13H19N5OS2. The van der Waals surface area contributed by atoms with Gasteiger partial charge in [-0.3, -0.25) is 5.32 Å². The Morgan fingerprint density at radius 3 is 3.00 bits per heavy atom. The molecule has 21 heavy (non-hydrogen) atoms. The molecule has 0 aromatic carbocycles. The van der Waals surface area contributed by atoms with Crippen molar-refractivity contribution in [3.05, 3.63) is 24.0 Å². The molecular weight excluding hydrogens is 306 g/mol. The number of rotatable bonds is 6. The van der Waals surface area contributed by atoms with E-state index in [2.05, 4.69) is 30.6 Å². The first kappa shape index (κ1) is 15.8. The van der Waals surface area contributed by atoms with Crippen LogP contribution in [0, 0.1) is 0 Å². The molecule has 0 aliphatic rings. The van der Waals surface area contributed by atoms with Crippen molar-refractivity contribution in [3.8, 4) is 0 Å². The van der Waals surface area contributed by atoms with Crippen LogP contribution in [0.3, 0.4) is 0 Å². The first-order chi connectivity index (χ1) is 10.1. The van der Waals surface area contributed by atoms with Crippen molar-refractivity contribution in [2.45, 2.75) is 31.0 Å². The van der Waals surface area contributed by atoms with Gasteiger partial charge in [0.05, 0.1) is 0 Å². The fourth-order valence-electron chi connectivity index (χ4n) is 1.89. The maximum absolute atomic E-state index is 11.9. The molecule has 2 rings (SSSR count). The highest BCUT2D eigenvalue weighted by Crippen LogP contribution is 2.17. The molecule has 0 unspecified atom stereocenters. The number of urea groups is 1. The summed E-state index contributed by atoms with van der Waals surface area (Å²) in [4.78, 5) is 16.0. The molecule has 0 fully saturated rings. The number of aryl methyl sites for hydroxylation is 2.